The van der Waals surface area contributed by atoms with Gasteiger partial charge in [-0.2, -0.15) is 5.26 Å². The first-order valence-corrected chi connectivity index (χ1v) is 5.99. The Morgan fingerprint density at radius 3 is 2.05 bits per heavy atom. The smallest absolute Gasteiger partial charge is 0.111 e. The van der Waals surface area contributed by atoms with E-state index in [4.69, 9.17) is 5.26 Å². The molecule has 0 saturated heterocycles. The third-order valence-electron chi connectivity index (χ3n) is 2.35. The van der Waals surface area contributed by atoms with Crippen LogP contribution in [0.25, 0.3) is 0 Å². The molecule has 1 rings (SSSR count). The maximum atomic E-state index is 10.9. The first kappa shape index (κ1) is 15.5. The van der Waals surface area contributed by atoms with E-state index in [-0.39, 0.29) is 21.0 Å². The molecule has 20 heavy (non-hydrogen) atoms. The largest absolute Gasteiger partial charge is 0.548 e. The summed E-state index contributed by atoms with van der Waals surface area (Å²) in [6, 6.07) is 1.72. The van der Waals surface area contributed by atoms with Crippen molar-refractivity contribution in [2.75, 3.05) is 18.0 Å². The van der Waals surface area contributed by atoms with Crippen molar-refractivity contribution in [3.63, 3.8) is 0 Å². The Labute approximate surface area is 117 Å². The molecule has 0 aliphatic rings. The molecule has 0 atom stereocenters. The van der Waals surface area contributed by atoms with Gasteiger partial charge in [-0.1, -0.05) is 0 Å². The van der Waals surface area contributed by atoms with Crippen molar-refractivity contribution in [3.05, 3.63) is 16.0 Å². The summed E-state index contributed by atoms with van der Waals surface area (Å²) in [5.74, 6) is -4.68. The Balaban J connectivity index is 3.35. The van der Waals surface area contributed by atoms with Crippen LogP contribution in [0.2, 0.25) is 0 Å². The highest BCUT2D eigenvalue weighted by Gasteiger charge is 2.20. The van der Waals surface area contributed by atoms with E-state index in [1.54, 1.807) is 6.07 Å². The number of carbonyl (C=O) groups is 3. The monoisotopic (exact) mass is 295 g/mol. The molecule has 0 spiro atoms. The minimum absolute atomic E-state index is 0.0856. The first-order chi connectivity index (χ1) is 9.27. The summed E-state index contributed by atoms with van der Waals surface area (Å²) in [5.41, 5.74) is -0.0223. The Hall–Kier alpha value is -2.60. The van der Waals surface area contributed by atoms with Crippen molar-refractivity contribution in [2.45, 2.75) is 6.92 Å². The third-order valence-corrected chi connectivity index (χ3v) is 3.69. The van der Waals surface area contributed by atoms with Gasteiger partial charge in [-0.3, -0.25) is 0 Å². The van der Waals surface area contributed by atoms with E-state index in [1.165, 1.54) is 6.92 Å². The second-order valence-corrected chi connectivity index (χ2v) is 4.73. The molecule has 0 radical (unpaired) electrons. The molecule has 1 aromatic heterocycles. The average molecular weight is 295 g/mol. The molecule has 1 aromatic rings. The Morgan fingerprint density at radius 1 is 1.20 bits per heavy atom. The van der Waals surface area contributed by atoms with Crippen LogP contribution in [0, 0.1) is 18.3 Å². The van der Waals surface area contributed by atoms with E-state index in [1.807, 2.05) is 0 Å². The molecule has 0 N–H and O–H groups in total. The van der Waals surface area contributed by atoms with Crippen molar-refractivity contribution in [1.29, 1.82) is 5.26 Å². The standard InChI is InChI=1S/C11H10N2O6S/c1-5-6(2-12)10(20-9(5)11(18)19)13(3-7(14)15)4-8(16)17/h3-4H2,1H3,(H,14,15)(H,16,17)(H,18,19)/p-3. The fourth-order valence-electron chi connectivity index (χ4n) is 1.56. The minimum atomic E-state index is -1.57. The lowest BCUT2D eigenvalue weighted by atomic mass is 10.1. The number of carboxylic acids is 3. The predicted octanol–water partition coefficient (Wildman–Crippen LogP) is -3.40. The van der Waals surface area contributed by atoms with Crippen LogP contribution in [0.3, 0.4) is 0 Å². The molecule has 0 aliphatic carbocycles. The second kappa shape index (κ2) is 6.03. The van der Waals surface area contributed by atoms with Crippen LogP contribution in [-0.4, -0.2) is 31.0 Å². The average Bonchev–Trinajstić information content (AvgIpc) is 2.64. The molecular weight excluding hydrogens is 288 g/mol. The number of anilines is 1. The lowest BCUT2D eigenvalue weighted by Crippen LogP contribution is -2.44. The van der Waals surface area contributed by atoms with Gasteiger partial charge in [-0.15, -0.1) is 11.3 Å². The number of hydrogen-bond acceptors (Lipinski definition) is 9. The molecule has 8 nitrogen and oxygen atoms in total. The summed E-state index contributed by atoms with van der Waals surface area (Å²) in [6.07, 6.45) is 0. The van der Waals surface area contributed by atoms with Crippen molar-refractivity contribution in [2.24, 2.45) is 0 Å². The summed E-state index contributed by atoms with van der Waals surface area (Å²) in [7, 11) is 0. The number of nitrogens with zero attached hydrogens (tertiary/aromatic N) is 2. The van der Waals surface area contributed by atoms with Gasteiger partial charge in [0.1, 0.15) is 11.1 Å². The van der Waals surface area contributed by atoms with E-state index in [9.17, 15) is 29.7 Å². The Bertz CT molecular complexity index is 599. The van der Waals surface area contributed by atoms with Gasteiger partial charge in [0.15, 0.2) is 0 Å². The number of thiophene rings is 1. The number of carboxylic acid groups (broad SMARTS) is 3. The summed E-state index contributed by atoms with van der Waals surface area (Å²) in [5, 5.41) is 41.0. The van der Waals surface area contributed by atoms with Gasteiger partial charge in [0.05, 0.1) is 41.4 Å². The van der Waals surface area contributed by atoms with E-state index in [2.05, 4.69) is 0 Å². The molecule has 106 valence electrons. The zero-order valence-corrected chi connectivity index (χ0v) is 11.0. The molecule has 0 saturated carbocycles. The van der Waals surface area contributed by atoms with Crippen molar-refractivity contribution >= 4 is 34.2 Å². The number of aromatic carboxylic acids is 1. The molecule has 0 aromatic carbocycles. The number of aliphatic carboxylic acids is 2. The van der Waals surface area contributed by atoms with Gasteiger partial charge < -0.3 is 34.6 Å². The van der Waals surface area contributed by atoms with Gasteiger partial charge in [0.2, 0.25) is 0 Å². The zero-order valence-electron chi connectivity index (χ0n) is 10.2. The summed E-state index contributed by atoms with van der Waals surface area (Å²) >= 11 is 0.570. The van der Waals surface area contributed by atoms with Gasteiger partial charge in [0, 0.05) is 0 Å². The van der Waals surface area contributed by atoms with Gasteiger partial charge in [0.25, 0.3) is 0 Å². The lowest BCUT2D eigenvalue weighted by molar-refractivity contribution is -0.304. The number of nitriles is 1. The molecular formula is C11H7N2O6S-3. The molecule has 0 amide bonds. The maximum Gasteiger partial charge on any atom is 0.111 e. The molecule has 0 bridgehead atoms. The Kier molecular flexibility index (Phi) is 4.66. The SMILES string of the molecule is Cc1c(C(=O)[O-])sc(N(CC(=O)[O-])CC(=O)[O-])c1C#N. The highest BCUT2D eigenvalue weighted by Crippen LogP contribution is 2.34. The fraction of sp³-hybridized carbons (Fsp3) is 0.273. The minimum Gasteiger partial charge on any atom is -0.548 e. The molecule has 9 heteroatoms. The Morgan fingerprint density at radius 2 is 1.70 bits per heavy atom. The number of hydrogen-bond donors (Lipinski definition) is 0. The molecule has 1 heterocycles. The van der Waals surface area contributed by atoms with Crippen LogP contribution in [0.5, 0.6) is 0 Å². The van der Waals surface area contributed by atoms with Crippen LogP contribution in [-0.2, 0) is 9.59 Å². The predicted molar refractivity (Wildman–Crippen MR) is 60.3 cm³/mol. The zero-order chi connectivity index (χ0) is 15.4. The fourth-order valence-corrected chi connectivity index (χ4v) is 2.65. The van der Waals surface area contributed by atoms with E-state index >= 15 is 0 Å². The topological polar surface area (TPSA) is 147 Å². The second-order valence-electron chi connectivity index (χ2n) is 3.74. The van der Waals surface area contributed by atoms with Crippen LogP contribution in [0.4, 0.5) is 5.00 Å². The maximum absolute atomic E-state index is 10.9. The van der Waals surface area contributed by atoms with Crippen molar-refractivity contribution in [3.8, 4) is 6.07 Å². The van der Waals surface area contributed by atoms with Gasteiger partial charge in [-0.05, 0) is 12.5 Å². The molecule has 0 unspecified atom stereocenters. The quantitative estimate of drug-likeness (QED) is 0.527. The molecule has 0 fully saturated rings. The van der Waals surface area contributed by atoms with E-state index < -0.39 is 31.0 Å². The van der Waals surface area contributed by atoms with Crippen LogP contribution >= 0.6 is 11.3 Å². The van der Waals surface area contributed by atoms with Crippen molar-refractivity contribution < 1.29 is 29.7 Å². The normalized spacial score (nSPS) is 9.80. The third kappa shape index (κ3) is 3.24. The van der Waals surface area contributed by atoms with E-state index in [0.29, 0.717) is 11.3 Å². The van der Waals surface area contributed by atoms with Crippen LogP contribution in [0.1, 0.15) is 20.8 Å². The van der Waals surface area contributed by atoms with Gasteiger partial charge in [-0.25, -0.2) is 0 Å². The summed E-state index contributed by atoms with van der Waals surface area (Å²) in [6.45, 7) is -0.274. The van der Waals surface area contributed by atoms with Crippen molar-refractivity contribution in [1.82, 2.24) is 0 Å². The number of rotatable bonds is 6. The highest BCUT2D eigenvalue weighted by molar-refractivity contribution is 7.18. The van der Waals surface area contributed by atoms with Gasteiger partial charge >= 0.3 is 0 Å². The van der Waals surface area contributed by atoms with Crippen LogP contribution < -0.4 is 20.2 Å². The van der Waals surface area contributed by atoms with Crippen LogP contribution in [0.15, 0.2) is 0 Å². The summed E-state index contributed by atoms with van der Waals surface area (Å²) < 4.78 is 0. The molecule has 0 aliphatic heterocycles. The number of carbonyl (C=O) groups excluding carboxylic acids is 3. The summed E-state index contributed by atoms with van der Waals surface area (Å²) in [4.78, 5) is 32.7. The first-order valence-electron chi connectivity index (χ1n) is 5.17. The van der Waals surface area contributed by atoms with E-state index in [0.717, 1.165) is 4.90 Å². The highest BCUT2D eigenvalue weighted by atomic mass is 32.1. The lowest BCUT2D eigenvalue weighted by Gasteiger charge is -2.24.